The van der Waals surface area contributed by atoms with E-state index in [1.165, 1.54) is 0 Å². The summed E-state index contributed by atoms with van der Waals surface area (Å²) < 4.78 is 17.3. The zero-order valence-corrected chi connectivity index (χ0v) is 14.4. The van der Waals surface area contributed by atoms with Gasteiger partial charge < -0.3 is 18.5 Å². The molecule has 2 fully saturated rings. The van der Waals surface area contributed by atoms with E-state index >= 15 is 0 Å². The van der Waals surface area contributed by atoms with E-state index in [4.69, 9.17) is 13.6 Å². The summed E-state index contributed by atoms with van der Waals surface area (Å²) in [5, 5.41) is 8.83. The molecule has 1 aromatic carbocycles. The molecule has 2 aromatic heterocycles. The van der Waals surface area contributed by atoms with Gasteiger partial charge in [0.05, 0.1) is 18.6 Å². The van der Waals surface area contributed by atoms with Crippen LogP contribution < -0.4 is 0 Å². The van der Waals surface area contributed by atoms with Gasteiger partial charge in [0.25, 0.3) is 5.91 Å². The van der Waals surface area contributed by atoms with Crippen molar-refractivity contribution in [3.05, 3.63) is 47.9 Å². The first-order valence-corrected chi connectivity index (χ1v) is 8.88. The minimum Gasteiger partial charge on any atom is -0.451 e. The summed E-state index contributed by atoms with van der Waals surface area (Å²) in [7, 11) is 0. The molecule has 0 spiro atoms. The summed E-state index contributed by atoms with van der Waals surface area (Å²) >= 11 is 0. The Hall–Kier alpha value is -2.67. The van der Waals surface area contributed by atoms with E-state index < -0.39 is 0 Å². The Balaban J connectivity index is 1.24. The van der Waals surface area contributed by atoms with Crippen LogP contribution in [0.4, 0.5) is 0 Å². The van der Waals surface area contributed by atoms with Gasteiger partial charge in [0, 0.05) is 31.3 Å². The van der Waals surface area contributed by atoms with Gasteiger partial charge >= 0.3 is 0 Å². The number of aromatic nitrogens is 2. The molecule has 4 heterocycles. The molecule has 0 aliphatic carbocycles. The summed E-state index contributed by atoms with van der Waals surface area (Å²) in [6.45, 7) is 3.07. The average Bonchev–Trinajstić information content (AvgIpc) is 3.36. The predicted molar refractivity (Wildman–Crippen MR) is 91.6 cm³/mol. The average molecular weight is 353 g/mol. The van der Waals surface area contributed by atoms with Crippen LogP contribution in [0.1, 0.15) is 28.8 Å². The number of ether oxygens (including phenoxy) is 1. The number of carbonyl (C=O) groups is 1. The van der Waals surface area contributed by atoms with E-state index in [1.54, 1.807) is 6.92 Å². The van der Waals surface area contributed by atoms with Crippen molar-refractivity contribution in [1.29, 1.82) is 0 Å². The van der Waals surface area contributed by atoms with Crippen LogP contribution in [0.3, 0.4) is 0 Å². The molecule has 0 radical (unpaired) electrons. The number of nitrogens with zero attached hydrogens (tertiary/aromatic N) is 3. The highest BCUT2D eigenvalue weighted by Crippen LogP contribution is 2.35. The number of aryl methyl sites for hydroxylation is 1. The summed E-state index contributed by atoms with van der Waals surface area (Å²) in [6.07, 6.45) is 1.67. The fourth-order valence-corrected chi connectivity index (χ4v) is 4.02. The molecule has 134 valence electrons. The van der Waals surface area contributed by atoms with Gasteiger partial charge in [-0.1, -0.05) is 18.2 Å². The van der Waals surface area contributed by atoms with Gasteiger partial charge in [0.2, 0.25) is 11.8 Å². The Labute approximate surface area is 149 Å². The first-order chi connectivity index (χ1) is 12.7. The molecule has 3 atom stereocenters. The number of hydrogen-bond donors (Lipinski definition) is 0. The summed E-state index contributed by atoms with van der Waals surface area (Å²) in [5.74, 6) is 1.85. The molecule has 26 heavy (non-hydrogen) atoms. The van der Waals surface area contributed by atoms with Crippen LogP contribution in [0.5, 0.6) is 0 Å². The fraction of sp³-hybridized carbons (Fsp3) is 0.421. The van der Waals surface area contributed by atoms with Crippen molar-refractivity contribution in [2.45, 2.75) is 32.0 Å². The first-order valence-electron chi connectivity index (χ1n) is 8.88. The lowest BCUT2D eigenvalue weighted by Gasteiger charge is -2.17. The predicted octanol–water partition coefficient (Wildman–Crippen LogP) is 2.60. The number of fused-ring (bicyclic) bond motifs is 2. The van der Waals surface area contributed by atoms with Crippen molar-refractivity contribution < 1.29 is 18.4 Å². The minimum absolute atomic E-state index is 0.0664. The van der Waals surface area contributed by atoms with E-state index in [0.717, 1.165) is 17.4 Å². The van der Waals surface area contributed by atoms with Crippen LogP contribution in [0.15, 0.2) is 39.2 Å². The van der Waals surface area contributed by atoms with Gasteiger partial charge in [-0.05, 0) is 18.6 Å². The monoisotopic (exact) mass is 353 g/mol. The minimum atomic E-state index is -0.0664. The highest BCUT2D eigenvalue weighted by atomic mass is 16.5. The van der Waals surface area contributed by atoms with E-state index in [1.807, 2.05) is 35.2 Å². The highest BCUT2D eigenvalue weighted by molar-refractivity contribution is 5.96. The molecule has 1 amide bonds. The van der Waals surface area contributed by atoms with E-state index in [9.17, 15) is 4.79 Å². The third kappa shape index (κ3) is 2.68. The standard InChI is InChI=1S/C19H19N3O4/c1-11-20-21-18(24-11)8-14-6-13-9-22(10-17(13)25-14)19(23)16-7-12-4-2-3-5-15(12)26-16/h2-5,7,13-14,17H,6,8-10H2,1H3/t13-,14+,17+/m1/s1. The molecule has 0 bridgehead atoms. The molecule has 5 rings (SSSR count). The van der Waals surface area contributed by atoms with E-state index in [2.05, 4.69) is 10.2 Å². The maximum absolute atomic E-state index is 12.8. The van der Waals surface area contributed by atoms with Crippen molar-refractivity contribution in [3.8, 4) is 0 Å². The lowest BCUT2D eigenvalue weighted by molar-refractivity contribution is 0.0330. The van der Waals surface area contributed by atoms with Crippen molar-refractivity contribution in [3.63, 3.8) is 0 Å². The molecule has 2 aliphatic rings. The number of rotatable bonds is 3. The molecule has 2 aliphatic heterocycles. The molecule has 0 saturated carbocycles. The third-order valence-corrected chi connectivity index (χ3v) is 5.21. The zero-order valence-electron chi connectivity index (χ0n) is 14.4. The van der Waals surface area contributed by atoms with Crippen LogP contribution in [0.2, 0.25) is 0 Å². The first kappa shape index (κ1) is 15.6. The maximum atomic E-state index is 12.8. The number of furan rings is 1. The van der Waals surface area contributed by atoms with Gasteiger partial charge in [-0.3, -0.25) is 4.79 Å². The van der Waals surface area contributed by atoms with Crippen LogP contribution >= 0.6 is 0 Å². The Morgan fingerprint density at radius 2 is 2.12 bits per heavy atom. The number of hydrogen-bond acceptors (Lipinski definition) is 6. The quantitative estimate of drug-likeness (QED) is 0.720. The molecule has 0 unspecified atom stereocenters. The normalized spacial score (nSPS) is 25.1. The number of para-hydroxylation sites is 1. The molecule has 0 N–H and O–H groups in total. The number of amides is 1. The van der Waals surface area contributed by atoms with Crippen LogP contribution in [-0.4, -0.2) is 46.3 Å². The van der Waals surface area contributed by atoms with Gasteiger partial charge in [0.15, 0.2) is 5.76 Å². The third-order valence-electron chi connectivity index (χ3n) is 5.21. The fourth-order valence-electron chi connectivity index (χ4n) is 4.02. The summed E-state index contributed by atoms with van der Waals surface area (Å²) in [5.41, 5.74) is 0.737. The van der Waals surface area contributed by atoms with E-state index in [0.29, 0.717) is 43.0 Å². The highest BCUT2D eigenvalue weighted by Gasteiger charge is 2.44. The lowest BCUT2D eigenvalue weighted by atomic mass is 10.0. The second-order valence-electron chi connectivity index (χ2n) is 7.07. The molecular weight excluding hydrogens is 334 g/mol. The van der Waals surface area contributed by atoms with E-state index in [-0.39, 0.29) is 18.1 Å². The second-order valence-corrected chi connectivity index (χ2v) is 7.07. The van der Waals surface area contributed by atoms with Crippen molar-refractivity contribution in [2.24, 2.45) is 5.92 Å². The SMILES string of the molecule is Cc1nnc(C[C@@H]2C[C@@H]3CN(C(=O)c4cc5ccccc5o4)C[C@@H]3O2)o1. The lowest BCUT2D eigenvalue weighted by Crippen LogP contribution is -2.31. The molecule has 7 nitrogen and oxygen atoms in total. The molecule has 2 saturated heterocycles. The second kappa shape index (κ2) is 5.95. The van der Waals surface area contributed by atoms with Crippen molar-refractivity contribution in [1.82, 2.24) is 15.1 Å². The van der Waals surface area contributed by atoms with Crippen LogP contribution in [0.25, 0.3) is 11.0 Å². The van der Waals surface area contributed by atoms with Gasteiger partial charge in [-0.15, -0.1) is 10.2 Å². The summed E-state index contributed by atoms with van der Waals surface area (Å²) in [6, 6.07) is 9.47. The van der Waals surface area contributed by atoms with Gasteiger partial charge in [-0.2, -0.15) is 0 Å². The Morgan fingerprint density at radius 3 is 2.88 bits per heavy atom. The summed E-state index contributed by atoms with van der Waals surface area (Å²) in [4.78, 5) is 14.6. The number of likely N-dealkylation sites (tertiary alicyclic amines) is 1. The largest absolute Gasteiger partial charge is 0.451 e. The van der Waals surface area contributed by atoms with Gasteiger partial charge in [0.1, 0.15) is 5.58 Å². The Bertz CT molecular complexity index is 916. The van der Waals surface area contributed by atoms with Crippen molar-refractivity contribution >= 4 is 16.9 Å². The smallest absolute Gasteiger partial charge is 0.289 e. The molecule has 3 aromatic rings. The van der Waals surface area contributed by atoms with Gasteiger partial charge in [-0.25, -0.2) is 0 Å². The Kier molecular flexibility index (Phi) is 3.56. The molecular formula is C19H19N3O4. The van der Waals surface area contributed by atoms with Crippen LogP contribution in [0, 0.1) is 12.8 Å². The number of benzene rings is 1. The van der Waals surface area contributed by atoms with Crippen LogP contribution in [-0.2, 0) is 11.2 Å². The maximum Gasteiger partial charge on any atom is 0.289 e. The number of carbonyl (C=O) groups excluding carboxylic acids is 1. The zero-order chi connectivity index (χ0) is 17.7. The Morgan fingerprint density at radius 1 is 1.23 bits per heavy atom. The topological polar surface area (TPSA) is 81.6 Å². The van der Waals surface area contributed by atoms with Crippen molar-refractivity contribution in [2.75, 3.05) is 13.1 Å². The molecule has 7 heteroatoms.